The molecule has 3 aliphatic heterocycles. The summed E-state index contributed by atoms with van der Waals surface area (Å²) in [5.41, 5.74) is 0. The maximum Gasteiger partial charge on any atom is 0.317 e. The lowest BCUT2D eigenvalue weighted by Gasteiger charge is -2.34. The van der Waals surface area contributed by atoms with Crippen LogP contribution < -0.4 is 5.32 Å². The summed E-state index contributed by atoms with van der Waals surface area (Å²) < 4.78 is 0. The van der Waals surface area contributed by atoms with Crippen LogP contribution in [-0.2, 0) is 0 Å². The molecule has 0 bridgehead atoms. The molecular formula is C22H42N4O. The van der Waals surface area contributed by atoms with Gasteiger partial charge in [0, 0.05) is 26.2 Å². The standard InChI is InChI=1S/C22H42N4O/c1-20-7-15-24(16-8-20)14-6-11-23-22(27)26-17-9-21(10-18-26)19-25-12-4-2-3-5-13-25/h20-21H,2-19H2,1H3,(H,23,27). The lowest BCUT2D eigenvalue weighted by Crippen LogP contribution is -2.46. The first kappa shape index (κ1) is 20.9. The van der Waals surface area contributed by atoms with Gasteiger partial charge in [-0.1, -0.05) is 19.8 Å². The van der Waals surface area contributed by atoms with E-state index in [1.807, 2.05) is 4.90 Å². The largest absolute Gasteiger partial charge is 0.338 e. The summed E-state index contributed by atoms with van der Waals surface area (Å²) in [6.45, 7) is 12.5. The number of hydrogen-bond acceptors (Lipinski definition) is 3. The molecule has 0 aromatic heterocycles. The molecule has 5 nitrogen and oxygen atoms in total. The maximum atomic E-state index is 12.4. The molecular weight excluding hydrogens is 336 g/mol. The quantitative estimate of drug-likeness (QED) is 0.720. The summed E-state index contributed by atoms with van der Waals surface area (Å²) in [7, 11) is 0. The molecule has 0 aromatic carbocycles. The second-order valence-electron chi connectivity index (χ2n) is 9.25. The Balaban J connectivity index is 1.25. The van der Waals surface area contributed by atoms with E-state index in [0.29, 0.717) is 0 Å². The van der Waals surface area contributed by atoms with E-state index in [0.717, 1.165) is 44.4 Å². The molecule has 0 saturated carbocycles. The molecule has 27 heavy (non-hydrogen) atoms. The molecule has 0 spiro atoms. The molecule has 2 amide bonds. The summed E-state index contributed by atoms with van der Waals surface area (Å²) in [5.74, 6) is 1.68. The molecule has 3 fully saturated rings. The van der Waals surface area contributed by atoms with Gasteiger partial charge in [-0.3, -0.25) is 0 Å². The Labute approximate surface area is 166 Å². The van der Waals surface area contributed by atoms with Gasteiger partial charge in [-0.15, -0.1) is 0 Å². The average Bonchev–Trinajstić information content (AvgIpc) is 2.96. The third-order valence-electron chi connectivity index (χ3n) is 6.92. The molecule has 0 unspecified atom stereocenters. The highest BCUT2D eigenvalue weighted by molar-refractivity contribution is 5.74. The van der Waals surface area contributed by atoms with Gasteiger partial charge in [0.25, 0.3) is 0 Å². The minimum Gasteiger partial charge on any atom is -0.338 e. The Bertz CT molecular complexity index is 420. The van der Waals surface area contributed by atoms with Gasteiger partial charge in [0.15, 0.2) is 0 Å². The van der Waals surface area contributed by atoms with Gasteiger partial charge in [0.05, 0.1) is 0 Å². The number of rotatable bonds is 6. The molecule has 3 saturated heterocycles. The highest BCUT2D eigenvalue weighted by atomic mass is 16.2. The fourth-order valence-corrected chi connectivity index (χ4v) is 4.90. The van der Waals surface area contributed by atoms with Crippen molar-refractivity contribution in [1.29, 1.82) is 0 Å². The van der Waals surface area contributed by atoms with Crippen molar-refractivity contribution in [3.8, 4) is 0 Å². The summed E-state index contributed by atoms with van der Waals surface area (Å²) in [6.07, 6.45) is 11.7. The zero-order chi connectivity index (χ0) is 18.9. The number of carbonyl (C=O) groups is 1. The highest BCUT2D eigenvalue weighted by Crippen LogP contribution is 2.20. The van der Waals surface area contributed by atoms with Gasteiger partial charge >= 0.3 is 6.03 Å². The monoisotopic (exact) mass is 378 g/mol. The van der Waals surface area contributed by atoms with Crippen molar-refractivity contribution < 1.29 is 4.79 Å². The van der Waals surface area contributed by atoms with Gasteiger partial charge in [-0.2, -0.15) is 0 Å². The zero-order valence-corrected chi connectivity index (χ0v) is 17.6. The summed E-state index contributed by atoms with van der Waals surface area (Å²) >= 11 is 0. The average molecular weight is 379 g/mol. The Morgan fingerprint density at radius 2 is 1.52 bits per heavy atom. The van der Waals surface area contributed by atoms with Crippen LogP contribution in [0, 0.1) is 11.8 Å². The smallest absolute Gasteiger partial charge is 0.317 e. The number of likely N-dealkylation sites (tertiary alicyclic amines) is 3. The topological polar surface area (TPSA) is 38.8 Å². The van der Waals surface area contributed by atoms with Crippen molar-refractivity contribution in [2.75, 3.05) is 58.9 Å². The van der Waals surface area contributed by atoms with Crippen LogP contribution in [0.1, 0.15) is 64.7 Å². The van der Waals surface area contributed by atoms with E-state index in [-0.39, 0.29) is 6.03 Å². The van der Waals surface area contributed by atoms with E-state index in [1.165, 1.54) is 84.1 Å². The van der Waals surface area contributed by atoms with Crippen LogP contribution in [-0.4, -0.2) is 79.6 Å². The molecule has 0 aliphatic carbocycles. The summed E-state index contributed by atoms with van der Waals surface area (Å²) in [6, 6.07) is 0.162. The lowest BCUT2D eigenvalue weighted by molar-refractivity contribution is 0.147. The van der Waals surface area contributed by atoms with E-state index < -0.39 is 0 Å². The van der Waals surface area contributed by atoms with E-state index in [9.17, 15) is 4.79 Å². The van der Waals surface area contributed by atoms with Crippen molar-refractivity contribution in [3.05, 3.63) is 0 Å². The minimum atomic E-state index is 0.162. The Kier molecular flexibility index (Phi) is 8.72. The third-order valence-corrected chi connectivity index (χ3v) is 6.92. The number of piperidine rings is 2. The maximum absolute atomic E-state index is 12.4. The summed E-state index contributed by atoms with van der Waals surface area (Å²) in [5, 5.41) is 3.16. The second-order valence-corrected chi connectivity index (χ2v) is 9.25. The Morgan fingerprint density at radius 3 is 2.19 bits per heavy atom. The highest BCUT2D eigenvalue weighted by Gasteiger charge is 2.24. The van der Waals surface area contributed by atoms with Gasteiger partial charge in [-0.05, 0) is 89.5 Å². The van der Waals surface area contributed by atoms with Crippen LogP contribution in [0.25, 0.3) is 0 Å². The van der Waals surface area contributed by atoms with E-state index in [2.05, 4.69) is 22.0 Å². The number of hydrogen-bond donors (Lipinski definition) is 1. The van der Waals surface area contributed by atoms with Gasteiger partial charge in [0.2, 0.25) is 0 Å². The van der Waals surface area contributed by atoms with Crippen LogP contribution in [0.2, 0.25) is 0 Å². The van der Waals surface area contributed by atoms with E-state index >= 15 is 0 Å². The Morgan fingerprint density at radius 1 is 0.852 bits per heavy atom. The van der Waals surface area contributed by atoms with Gasteiger partial charge in [-0.25, -0.2) is 4.79 Å². The molecule has 0 atom stereocenters. The SMILES string of the molecule is CC1CCN(CCCNC(=O)N2CCC(CN3CCCCCC3)CC2)CC1. The summed E-state index contributed by atoms with van der Waals surface area (Å²) in [4.78, 5) is 19.7. The van der Waals surface area contributed by atoms with E-state index in [1.54, 1.807) is 0 Å². The van der Waals surface area contributed by atoms with Crippen LogP contribution in [0.3, 0.4) is 0 Å². The van der Waals surface area contributed by atoms with Gasteiger partial charge in [0.1, 0.15) is 0 Å². The second kappa shape index (κ2) is 11.3. The lowest BCUT2D eigenvalue weighted by atomic mass is 9.96. The van der Waals surface area contributed by atoms with Crippen molar-refractivity contribution in [1.82, 2.24) is 20.0 Å². The van der Waals surface area contributed by atoms with Gasteiger partial charge < -0.3 is 20.0 Å². The molecule has 3 rings (SSSR count). The van der Waals surface area contributed by atoms with Crippen molar-refractivity contribution >= 4 is 6.03 Å². The molecule has 5 heteroatoms. The number of nitrogens with one attached hydrogen (secondary N) is 1. The predicted molar refractivity (Wildman–Crippen MR) is 112 cm³/mol. The molecule has 3 aliphatic rings. The molecule has 0 radical (unpaired) electrons. The van der Waals surface area contributed by atoms with Crippen molar-refractivity contribution in [3.63, 3.8) is 0 Å². The normalized spacial score (nSPS) is 24.7. The van der Waals surface area contributed by atoms with E-state index in [4.69, 9.17) is 0 Å². The van der Waals surface area contributed by atoms with Crippen LogP contribution >= 0.6 is 0 Å². The first-order chi connectivity index (χ1) is 13.2. The Hall–Kier alpha value is -0.810. The fraction of sp³-hybridized carbons (Fsp3) is 0.955. The first-order valence-corrected chi connectivity index (χ1v) is 11.7. The molecule has 1 N–H and O–H groups in total. The first-order valence-electron chi connectivity index (χ1n) is 11.7. The van der Waals surface area contributed by atoms with Crippen LogP contribution in [0.5, 0.6) is 0 Å². The molecule has 156 valence electrons. The minimum absolute atomic E-state index is 0.162. The van der Waals surface area contributed by atoms with Crippen LogP contribution in [0.4, 0.5) is 4.79 Å². The third kappa shape index (κ3) is 7.26. The zero-order valence-electron chi connectivity index (χ0n) is 17.6. The van der Waals surface area contributed by atoms with Crippen molar-refractivity contribution in [2.45, 2.75) is 64.7 Å². The number of amides is 2. The molecule has 3 heterocycles. The predicted octanol–water partition coefficient (Wildman–Crippen LogP) is 3.41. The number of carbonyl (C=O) groups excluding carboxylic acids is 1. The molecule has 0 aromatic rings. The number of urea groups is 1. The van der Waals surface area contributed by atoms with Crippen LogP contribution in [0.15, 0.2) is 0 Å². The number of nitrogens with zero attached hydrogens (tertiary/aromatic N) is 3. The fourth-order valence-electron chi connectivity index (χ4n) is 4.90. The van der Waals surface area contributed by atoms with Crippen molar-refractivity contribution in [2.24, 2.45) is 11.8 Å².